The van der Waals surface area contributed by atoms with Gasteiger partial charge in [0.05, 0.1) is 6.61 Å². The zero-order chi connectivity index (χ0) is 16.1. The summed E-state index contributed by atoms with van der Waals surface area (Å²) in [6.45, 7) is 1.10. The summed E-state index contributed by atoms with van der Waals surface area (Å²) < 4.78 is 18.0. The number of benzene rings is 1. The van der Waals surface area contributed by atoms with Gasteiger partial charge in [-0.25, -0.2) is 14.4 Å². The molecule has 2 N–H and O–H groups in total. The number of nitrogens with zero attached hydrogens (tertiary/aromatic N) is 4. The number of nitrogens with one attached hydrogen (secondary N) is 2. The van der Waals surface area contributed by atoms with Crippen LogP contribution in [0.25, 0.3) is 11.2 Å². The maximum absolute atomic E-state index is 13.0. The quantitative estimate of drug-likeness (QED) is 0.676. The molecule has 0 saturated heterocycles. The molecule has 3 aromatic rings. The molecule has 2 heterocycles. The Balaban J connectivity index is 1.94. The van der Waals surface area contributed by atoms with E-state index in [0.717, 1.165) is 0 Å². The molecule has 0 spiro atoms. The van der Waals surface area contributed by atoms with Crippen LogP contribution in [0.3, 0.4) is 0 Å². The van der Waals surface area contributed by atoms with E-state index >= 15 is 0 Å². The van der Waals surface area contributed by atoms with Crippen LogP contribution in [0.5, 0.6) is 0 Å². The Morgan fingerprint density at radius 2 is 1.87 bits per heavy atom. The lowest BCUT2D eigenvalue weighted by molar-refractivity contribution is 0.210. The summed E-state index contributed by atoms with van der Waals surface area (Å²) in [7, 11) is 1.62. The second-order valence-corrected chi connectivity index (χ2v) is 4.68. The smallest absolute Gasteiger partial charge is 0.226 e. The first kappa shape index (κ1) is 15.0. The van der Waals surface area contributed by atoms with Gasteiger partial charge in [-0.1, -0.05) is 0 Å². The monoisotopic (exact) mass is 314 g/mol. The fraction of sp³-hybridized carbons (Fsp3) is 0.200. The lowest BCUT2D eigenvalue weighted by Crippen LogP contribution is -2.11. The lowest BCUT2D eigenvalue weighted by atomic mass is 10.3. The van der Waals surface area contributed by atoms with Crippen molar-refractivity contribution in [3.8, 4) is 0 Å². The maximum Gasteiger partial charge on any atom is 0.226 e. The van der Waals surface area contributed by atoms with E-state index in [1.54, 1.807) is 31.6 Å². The molecule has 0 amide bonds. The summed E-state index contributed by atoms with van der Waals surface area (Å²) >= 11 is 0. The topological polar surface area (TPSA) is 84.9 Å². The van der Waals surface area contributed by atoms with Gasteiger partial charge >= 0.3 is 0 Å². The van der Waals surface area contributed by atoms with Crippen molar-refractivity contribution in [2.24, 2.45) is 0 Å². The number of hydrogen-bond donors (Lipinski definition) is 2. The highest BCUT2D eigenvalue weighted by molar-refractivity contribution is 5.85. The van der Waals surface area contributed by atoms with Crippen molar-refractivity contribution in [3.05, 3.63) is 42.5 Å². The summed E-state index contributed by atoms with van der Waals surface area (Å²) in [5.41, 5.74) is 1.70. The molecule has 1 aromatic carbocycles. The average Bonchev–Trinajstić information content (AvgIpc) is 2.57. The van der Waals surface area contributed by atoms with E-state index in [1.165, 1.54) is 12.1 Å². The van der Waals surface area contributed by atoms with Crippen LogP contribution in [0.15, 0.2) is 36.7 Å². The first-order valence-corrected chi connectivity index (χ1v) is 7.00. The van der Waals surface area contributed by atoms with Gasteiger partial charge in [0, 0.05) is 31.7 Å². The van der Waals surface area contributed by atoms with E-state index in [9.17, 15) is 4.39 Å². The maximum atomic E-state index is 13.0. The highest BCUT2D eigenvalue weighted by Crippen LogP contribution is 2.22. The molecule has 2 aromatic heterocycles. The van der Waals surface area contributed by atoms with Crippen LogP contribution in [0.2, 0.25) is 0 Å². The van der Waals surface area contributed by atoms with E-state index in [-0.39, 0.29) is 5.82 Å². The number of halogens is 1. The summed E-state index contributed by atoms with van der Waals surface area (Å²) in [5, 5.41) is 6.17. The van der Waals surface area contributed by atoms with E-state index < -0.39 is 0 Å². The van der Waals surface area contributed by atoms with Crippen molar-refractivity contribution in [1.29, 1.82) is 0 Å². The molecule has 8 heteroatoms. The standard InChI is InChI=1S/C15H15FN6O/c1-23-9-8-19-15-21-13-12(17-6-7-18-13)14(22-15)20-11-4-2-10(16)3-5-11/h2-7H,8-9H2,1H3,(H2,18,19,20,21,22). The molecule has 0 saturated carbocycles. The highest BCUT2D eigenvalue weighted by atomic mass is 19.1. The van der Waals surface area contributed by atoms with Gasteiger partial charge in [0.2, 0.25) is 5.95 Å². The summed E-state index contributed by atoms with van der Waals surface area (Å²) in [4.78, 5) is 17.2. The summed E-state index contributed by atoms with van der Waals surface area (Å²) in [6.07, 6.45) is 3.13. The van der Waals surface area contributed by atoms with Crippen LogP contribution < -0.4 is 10.6 Å². The number of hydrogen-bond acceptors (Lipinski definition) is 7. The number of aromatic nitrogens is 4. The molecule has 0 unspecified atom stereocenters. The van der Waals surface area contributed by atoms with Crippen LogP contribution in [0.1, 0.15) is 0 Å². The molecule has 0 fully saturated rings. The molecule has 0 radical (unpaired) electrons. The van der Waals surface area contributed by atoms with Crippen LogP contribution in [0.4, 0.5) is 21.8 Å². The zero-order valence-corrected chi connectivity index (χ0v) is 12.5. The fourth-order valence-electron chi connectivity index (χ4n) is 1.96. The summed E-state index contributed by atoms with van der Waals surface area (Å²) in [6, 6.07) is 5.99. The minimum Gasteiger partial charge on any atom is -0.383 e. The Morgan fingerprint density at radius 1 is 1.09 bits per heavy atom. The third kappa shape index (κ3) is 3.67. The number of rotatable bonds is 6. The SMILES string of the molecule is COCCNc1nc(Nc2ccc(F)cc2)c2nccnc2n1. The Kier molecular flexibility index (Phi) is 4.53. The normalized spacial score (nSPS) is 10.7. The van der Waals surface area contributed by atoms with Crippen molar-refractivity contribution in [2.75, 3.05) is 30.9 Å². The van der Waals surface area contributed by atoms with Crippen LogP contribution >= 0.6 is 0 Å². The largest absolute Gasteiger partial charge is 0.383 e. The predicted octanol–water partition coefficient (Wildman–Crippen LogP) is 2.36. The number of fused-ring (bicyclic) bond motifs is 1. The number of ether oxygens (including phenoxy) is 1. The van der Waals surface area contributed by atoms with Crippen molar-refractivity contribution < 1.29 is 9.13 Å². The van der Waals surface area contributed by atoms with E-state index in [1.807, 2.05) is 0 Å². The van der Waals surface area contributed by atoms with Crippen molar-refractivity contribution in [1.82, 2.24) is 19.9 Å². The third-order valence-corrected chi connectivity index (χ3v) is 3.03. The molecule has 0 aliphatic heterocycles. The van der Waals surface area contributed by atoms with Crippen LogP contribution in [0, 0.1) is 5.82 Å². The van der Waals surface area contributed by atoms with E-state index in [4.69, 9.17) is 4.74 Å². The second kappa shape index (κ2) is 6.93. The van der Waals surface area contributed by atoms with Gasteiger partial charge < -0.3 is 15.4 Å². The highest BCUT2D eigenvalue weighted by Gasteiger charge is 2.10. The van der Waals surface area contributed by atoms with Gasteiger partial charge in [0.15, 0.2) is 17.0 Å². The van der Waals surface area contributed by atoms with Crippen LogP contribution in [-0.2, 0) is 4.74 Å². The molecule has 0 aliphatic carbocycles. The van der Waals surface area contributed by atoms with Gasteiger partial charge in [0.1, 0.15) is 5.82 Å². The molecule has 7 nitrogen and oxygen atoms in total. The lowest BCUT2D eigenvalue weighted by Gasteiger charge is -2.10. The molecule has 3 rings (SSSR count). The van der Waals surface area contributed by atoms with Crippen LogP contribution in [-0.4, -0.2) is 40.2 Å². The van der Waals surface area contributed by atoms with Gasteiger partial charge in [-0.2, -0.15) is 9.97 Å². The Labute approximate surface area is 132 Å². The molecule has 0 bridgehead atoms. The minimum absolute atomic E-state index is 0.301. The van der Waals surface area contributed by atoms with E-state index in [2.05, 4.69) is 30.6 Å². The first-order valence-electron chi connectivity index (χ1n) is 7.00. The Morgan fingerprint density at radius 3 is 2.65 bits per heavy atom. The second-order valence-electron chi connectivity index (χ2n) is 4.68. The molecule has 0 aliphatic rings. The Bertz CT molecular complexity index is 796. The van der Waals surface area contributed by atoms with Gasteiger partial charge in [-0.05, 0) is 24.3 Å². The van der Waals surface area contributed by atoms with Crippen molar-refractivity contribution >= 4 is 28.6 Å². The van der Waals surface area contributed by atoms with Crippen molar-refractivity contribution in [2.45, 2.75) is 0 Å². The molecular formula is C15H15FN6O. The first-order chi connectivity index (χ1) is 11.3. The molecule has 23 heavy (non-hydrogen) atoms. The minimum atomic E-state index is -0.301. The van der Waals surface area contributed by atoms with Gasteiger partial charge in [-0.3, -0.25) is 0 Å². The molecule has 0 atom stereocenters. The predicted molar refractivity (Wildman–Crippen MR) is 85.2 cm³/mol. The van der Waals surface area contributed by atoms with Gasteiger partial charge in [0.25, 0.3) is 0 Å². The fourth-order valence-corrected chi connectivity index (χ4v) is 1.96. The number of methoxy groups -OCH3 is 1. The number of anilines is 3. The molecular weight excluding hydrogens is 299 g/mol. The van der Waals surface area contributed by atoms with E-state index in [0.29, 0.717) is 41.8 Å². The van der Waals surface area contributed by atoms with Gasteiger partial charge in [-0.15, -0.1) is 0 Å². The molecule has 118 valence electrons. The van der Waals surface area contributed by atoms with Crippen molar-refractivity contribution in [3.63, 3.8) is 0 Å². The Hall–Kier alpha value is -2.87. The zero-order valence-electron chi connectivity index (χ0n) is 12.5. The third-order valence-electron chi connectivity index (χ3n) is 3.03. The summed E-state index contributed by atoms with van der Waals surface area (Å²) in [5.74, 6) is 0.610. The average molecular weight is 314 g/mol.